The standard InChI is InChI=1S/C20H17N5OS/c1-2-9-22-20(26)25-14-6-3-12(4-7-14)13-5-8-15-16(10-13)27-18-17(15)23-11-24-19(18)21/h2-8,10-11H,1,9H2,(H2,21,23,24)(H2,22,25,26). The number of rotatable bonds is 4. The highest BCUT2D eigenvalue weighted by molar-refractivity contribution is 7.26. The molecule has 4 rings (SSSR count). The summed E-state index contributed by atoms with van der Waals surface area (Å²) in [6.07, 6.45) is 3.13. The molecule has 0 unspecified atom stereocenters. The predicted octanol–water partition coefficient (Wildman–Crippen LogP) is 4.40. The number of nitrogen functional groups attached to an aromatic ring is 1. The van der Waals surface area contributed by atoms with Gasteiger partial charge in [-0.25, -0.2) is 14.8 Å². The van der Waals surface area contributed by atoms with E-state index in [0.717, 1.165) is 37.1 Å². The average Bonchev–Trinajstić information content (AvgIpc) is 3.06. The van der Waals surface area contributed by atoms with E-state index in [1.54, 1.807) is 17.4 Å². The molecule has 0 bridgehead atoms. The van der Waals surface area contributed by atoms with Crippen LogP contribution in [0.15, 0.2) is 61.4 Å². The van der Waals surface area contributed by atoms with Gasteiger partial charge >= 0.3 is 6.03 Å². The number of amides is 2. The zero-order valence-corrected chi connectivity index (χ0v) is 15.2. The van der Waals surface area contributed by atoms with Gasteiger partial charge in [-0.1, -0.05) is 30.3 Å². The molecule has 2 aromatic carbocycles. The van der Waals surface area contributed by atoms with Gasteiger partial charge in [0.25, 0.3) is 0 Å². The third-order valence-corrected chi connectivity index (χ3v) is 5.33. The number of hydrogen-bond donors (Lipinski definition) is 3. The van der Waals surface area contributed by atoms with E-state index in [1.807, 2.05) is 24.3 Å². The maximum Gasteiger partial charge on any atom is 0.319 e. The zero-order chi connectivity index (χ0) is 18.8. The number of aromatic nitrogens is 2. The summed E-state index contributed by atoms with van der Waals surface area (Å²) >= 11 is 1.59. The second kappa shape index (κ2) is 7.05. The van der Waals surface area contributed by atoms with Crippen LogP contribution >= 0.6 is 11.3 Å². The minimum atomic E-state index is -0.256. The monoisotopic (exact) mass is 375 g/mol. The van der Waals surface area contributed by atoms with E-state index in [9.17, 15) is 4.79 Å². The highest BCUT2D eigenvalue weighted by Gasteiger charge is 2.10. The lowest BCUT2D eigenvalue weighted by atomic mass is 10.0. The van der Waals surface area contributed by atoms with Crippen LogP contribution in [-0.4, -0.2) is 22.5 Å². The van der Waals surface area contributed by atoms with Gasteiger partial charge in [-0.15, -0.1) is 17.9 Å². The Morgan fingerprint density at radius 2 is 1.93 bits per heavy atom. The Kier molecular flexibility index (Phi) is 4.43. The van der Waals surface area contributed by atoms with Crippen LogP contribution in [-0.2, 0) is 0 Å². The predicted molar refractivity (Wildman–Crippen MR) is 112 cm³/mol. The topological polar surface area (TPSA) is 92.9 Å². The van der Waals surface area contributed by atoms with Gasteiger partial charge in [-0.3, -0.25) is 0 Å². The van der Waals surface area contributed by atoms with Gasteiger partial charge in [-0.05, 0) is 29.3 Å². The first-order valence-electron chi connectivity index (χ1n) is 8.34. The summed E-state index contributed by atoms with van der Waals surface area (Å²) < 4.78 is 2.02. The van der Waals surface area contributed by atoms with Crippen molar-refractivity contribution in [2.45, 2.75) is 0 Å². The molecule has 4 N–H and O–H groups in total. The van der Waals surface area contributed by atoms with Crippen LogP contribution in [0.4, 0.5) is 16.3 Å². The Labute approximate surface area is 159 Å². The number of thiophene rings is 1. The number of nitrogens with two attached hydrogens (primary N) is 1. The van der Waals surface area contributed by atoms with E-state index in [-0.39, 0.29) is 6.03 Å². The minimum absolute atomic E-state index is 0.256. The Bertz CT molecular complexity index is 1150. The quantitative estimate of drug-likeness (QED) is 0.461. The van der Waals surface area contributed by atoms with Gasteiger partial charge in [0.2, 0.25) is 0 Å². The molecule has 6 nitrogen and oxygen atoms in total. The number of carbonyl (C=O) groups excluding carboxylic acids is 1. The summed E-state index contributed by atoms with van der Waals surface area (Å²) in [5.41, 5.74) is 9.73. The molecule has 0 saturated carbocycles. The number of carbonyl (C=O) groups is 1. The molecule has 0 radical (unpaired) electrons. The number of nitrogens with zero attached hydrogens (tertiary/aromatic N) is 2. The van der Waals surface area contributed by atoms with Crippen LogP contribution in [0.3, 0.4) is 0 Å². The van der Waals surface area contributed by atoms with E-state index in [2.05, 4.69) is 45.4 Å². The molecular weight excluding hydrogens is 358 g/mol. The van der Waals surface area contributed by atoms with Crippen molar-refractivity contribution in [2.24, 2.45) is 0 Å². The van der Waals surface area contributed by atoms with Crippen molar-refractivity contribution in [1.29, 1.82) is 0 Å². The molecule has 2 amide bonds. The number of benzene rings is 2. The Morgan fingerprint density at radius 1 is 1.15 bits per heavy atom. The molecule has 0 spiro atoms. The summed E-state index contributed by atoms with van der Waals surface area (Å²) in [6, 6.07) is 13.7. The molecule has 134 valence electrons. The molecule has 4 aromatic rings. The van der Waals surface area contributed by atoms with E-state index in [1.165, 1.54) is 6.33 Å². The van der Waals surface area contributed by atoms with E-state index < -0.39 is 0 Å². The fourth-order valence-electron chi connectivity index (χ4n) is 2.86. The van der Waals surface area contributed by atoms with Gasteiger partial charge in [-0.2, -0.15) is 0 Å². The van der Waals surface area contributed by atoms with Crippen LogP contribution in [0.25, 0.3) is 31.4 Å². The molecule has 0 aliphatic rings. The van der Waals surface area contributed by atoms with Crippen molar-refractivity contribution in [3.8, 4) is 11.1 Å². The number of hydrogen-bond acceptors (Lipinski definition) is 5. The van der Waals surface area contributed by atoms with Gasteiger partial charge in [0.1, 0.15) is 12.1 Å². The lowest BCUT2D eigenvalue weighted by molar-refractivity contribution is 0.253. The number of fused-ring (bicyclic) bond motifs is 3. The minimum Gasteiger partial charge on any atom is -0.382 e. The smallest absolute Gasteiger partial charge is 0.319 e. The van der Waals surface area contributed by atoms with Crippen molar-refractivity contribution in [2.75, 3.05) is 17.6 Å². The molecule has 0 saturated heterocycles. The van der Waals surface area contributed by atoms with Gasteiger partial charge in [0.15, 0.2) is 0 Å². The third-order valence-electron chi connectivity index (χ3n) is 4.16. The van der Waals surface area contributed by atoms with Crippen molar-refractivity contribution in [1.82, 2.24) is 15.3 Å². The van der Waals surface area contributed by atoms with Crippen molar-refractivity contribution < 1.29 is 4.79 Å². The van der Waals surface area contributed by atoms with Gasteiger partial charge in [0, 0.05) is 22.3 Å². The van der Waals surface area contributed by atoms with Gasteiger partial charge in [0.05, 0.1) is 10.2 Å². The zero-order valence-electron chi connectivity index (χ0n) is 14.4. The molecule has 0 fully saturated rings. The molecule has 27 heavy (non-hydrogen) atoms. The Morgan fingerprint density at radius 3 is 2.70 bits per heavy atom. The van der Waals surface area contributed by atoms with Crippen molar-refractivity contribution in [3.05, 3.63) is 61.4 Å². The van der Waals surface area contributed by atoms with Gasteiger partial charge < -0.3 is 16.4 Å². The number of anilines is 2. The fourth-order valence-corrected chi connectivity index (χ4v) is 3.96. The fraction of sp³-hybridized carbons (Fsp3) is 0.0500. The molecule has 0 atom stereocenters. The summed E-state index contributed by atoms with van der Waals surface area (Å²) in [7, 11) is 0. The van der Waals surface area contributed by atoms with Crippen LogP contribution in [0, 0.1) is 0 Å². The molecule has 0 aliphatic carbocycles. The Balaban J connectivity index is 1.62. The van der Waals surface area contributed by atoms with E-state index in [4.69, 9.17) is 5.73 Å². The summed E-state index contributed by atoms with van der Waals surface area (Å²) in [5.74, 6) is 0.507. The maximum absolute atomic E-state index is 11.7. The lowest BCUT2D eigenvalue weighted by Crippen LogP contribution is -2.28. The van der Waals surface area contributed by atoms with Crippen molar-refractivity contribution in [3.63, 3.8) is 0 Å². The molecule has 7 heteroatoms. The highest BCUT2D eigenvalue weighted by atomic mass is 32.1. The largest absolute Gasteiger partial charge is 0.382 e. The molecule has 2 aromatic heterocycles. The number of urea groups is 1. The van der Waals surface area contributed by atoms with Crippen LogP contribution in [0.5, 0.6) is 0 Å². The SMILES string of the molecule is C=CCNC(=O)Nc1ccc(-c2ccc3c(c2)sc2c(N)ncnc23)cc1. The second-order valence-electron chi connectivity index (χ2n) is 5.95. The van der Waals surface area contributed by atoms with Crippen molar-refractivity contribution >= 4 is 49.2 Å². The van der Waals surface area contributed by atoms with Crippen LogP contribution < -0.4 is 16.4 Å². The summed E-state index contributed by atoms with van der Waals surface area (Å²) in [6.45, 7) is 3.99. The molecule has 2 heterocycles. The van der Waals surface area contributed by atoms with E-state index >= 15 is 0 Å². The Hall–Kier alpha value is -3.45. The van der Waals surface area contributed by atoms with Crippen LogP contribution in [0.2, 0.25) is 0 Å². The second-order valence-corrected chi connectivity index (χ2v) is 7.00. The lowest BCUT2D eigenvalue weighted by Gasteiger charge is -2.07. The normalized spacial score (nSPS) is 10.8. The summed E-state index contributed by atoms with van der Waals surface area (Å²) in [5, 5.41) is 6.53. The first-order valence-corrected chi connectivity index (χ1v) is 9.16. The molecular formula is C20H17N5OS. The number of nitrogens with one attached hydrogen (secondary N) is 2. The highest BCUT2D eigenvalue weighted by Crippen LogP contribution is 2.37. The first-order chi connectivity index (χ1) is 13.2. The van der Waals surface area contributed by atoms with E-state index in [0.29, 0.717) is 12.4 Å². The summed E-state index contributed by atoms with van der Waals surface area (Å²) in [4.78, 5) is 20.1. The maximum atomic E-state index is 11.7. The average molecular weight is 375 g/mol. The third kappa shape index (κ3) is 3.32. The first kappa shape index (κ1) is 17.0. The molecule has 0 aliphatic heterocycles. The van der Waals surface area contributed by atoms with Crippen LogP contribution in [0.1, 0.15) is 0 Å².